The van der Waals surface area contributed by atoms with Crippen molar-refractivity contribution < 1.29 is 57.2 Å². The largest absolute Gasteiger partial charge is 0.484 e. The first-order valence-corrected chi connectivity index (χ1v) is 21.5. The van der Waals surface area contributed by atoms with Gasteiger partial charge in [-0.1, -0.05) is 25.7 Å². The fourth-order valence-electron chi connectivity index (χ4n) is 4.68. The van der Waals surface area contributed by atoms with Gasteiger partial charge in [0.1, 0.15) is 33.8 Å². The first-order chi connectivity index (χ1) is 29.8. The molecule has 1 rings (SSSR count). The highest BCUT2D eigenvalue weighted by Crippen LogP contribution is 2.19. The maximum atomic E-state index is 12.9. The minimum Gasteiger partial charge on any atom is -0.484 e. The summed E-state index contributed by atoms with van der Waals surface area (Å²) in [6, 6.07) is 6.11. The summed E-state index contributed by atoms with van der Waals surface area (Å²) in [5.41, 5.74) is -3.60. The molecule has 0 aliphatic heterocycles. The van der Waals surface area contributed by atoms with E-state index < -0.39 is 71.0 Å². The summed E-state index contributed by atoms with van der Waals surface area (Å²) in [4.78, 5) is 88.0. The van der Waals surface area contributed by atoms with Gasteiger partial charge in [-0.15, -0.1) is 0 Å². The number of ether oxygens (including phenoxy) is 6. The van der Waals surface area contributed by atoms with E-state index in [0.29, 0.717) is 37.4 Å². The lowest BCUT2D eigenvalue weighted by Crippen LogP contribution is -2.47. The van der Waals surface area contributed by atoms with Crippen molar-refractivity contribution in [2.24, 2.45) is 15.0 Å². The average Bonchev–Trinajstić information content (AvgIpc) is 3.07. The molecule has 21 heteroatoms. The number of rotatable bonds is 13. The van der Waals surface area contributed by atoms with Gasteiger partial charge in [0.15, 0.2) is 6.61 Å². The molecule has 1 aromatic rings. The fraction of sp³-hybridized carbons (Fsp3) is 0.659. The molecule has 0 radical (unpaired) electrons. The summed E-state index contributed by atoms with van der Waals surface area (Å²) >= 11 is 0. The summed E-state index contributed by atoms with van der Waals surface area (Å²) in [5, 5.41) is 14.8. The van der Waals surface area contributed by atoms with Gasteiger partial charge in [0, 0.05) is 13.1 Å². The Morgan fingerprint density at radius 3 is 1.03 bits per heavy atom. The molecule has 0 bridgehead atoms. The summed E-state index contributed by atoms with van der Waals surface area (Å²) in [5.74, 6) is -0.736. The molecule has 0 unspecified atom stereocenters. The lowest BCUT2D eigenvalue weighted by molar-refractivity contribution is -0.121. The van der Waals surface area contributed by atoms with Crippen molar-refractivity contribution in [3.05, 3.63) is 24.3 Å². The van der Waals surface area contributed by atoms with Gasteiger partial charge in [0.05, 0.1) is 5.69 Å². The Kier molecular flexibility index (Phi) is 22.7. The van der Waals surface area contributed by atoms with Gasteiger partial charge in [-0.3, -0.25) is 46.7 Å². The zero-order valence-electron chi connectivity index (χ0n) is 40.9. The van der Waals surface area contributed by atoms with E-state index in [-0.39, 0.29) is 17.9 Å². The Hall–Kier alpha value is -6.15. The highest BCUT2D eigenvalue weighted by atomic mass is 16.6. The second-order valence-corrected chi connectivity index (χ2v) is 19.5. The highest BCUT2D eigenvalue weighted by Gasteiger charge is 2.24. The topological polar surface area (TPSA) is 267 Å². The van der Waals surface area contributed by atoms with E-state index in [2.05, 4.69) is 46.9 Å². The monoisotopic (exact) mass is 920 g/mol. The van der Waals surface area contributed by atoms with Crippen LogP contribution in [0.4, 0.5) is 29.7 Å². The molecule has 21 nitrogen and oxygen atoms in total. The Morgan fingerprint density at radius 1 is 0.415 bits per heavy atom. The number of carbonyl (C=O) groups excluding carboxylic acids is 6. The number of nitrogens with zero attached hydrogens (tertiary/aromatic N) is 3. The second kappa shape index (κ2) is 26.0. The molecular formula is C44H73N9O12. The second-order valence-electron chi connectivity index (χ2n) is 19.5. The highest BCUT2D eigenvalue weighted by molar-refractivity contribution is 6.04. The molecule has 0 spiro atoms. The lowest BCUT2D eigenvalue weighted by atomic mass is 10.1. The standard InChI is InChI=1S/C44H73N9O12/c1-40(2,3)61-35(55)49-32(45-26-20-18-16-17-19-21-27-46-33(50-36(56)62-41(4,5)6)51-37(57)63-42(7,8)9)48-31(54)28-60-30-24-22-29(23-25-30)47-34(52-38(58)64-43(10,11)12)53-39(59)65-44(13,14)15/h22-25H,16-21,26-28H2,1-15H3,(H2,45,48,49,54,55)(H2,46,50,51,56,57)(H2,47,52,53,58,59). The molecule has 0 atom stereocenters. The Labute approximate surface area is 383 Å². The van der Waals surface area contributed by atoms with Crippen LogP contribution >= 0.6 is 0 Å². The quantitative estimate of drug-likeness (QED) is 0.0478. The van der Waals surface area contributed by atoms with Crippen LogP contribution in [0, 0.1) is 0 Å². The van der Waals surface area contributed by atoms with Crippen LogP contribution < -0.4 is 36.6 Å². The maximum absolute atomic E-state index is 12.9. The molecule has 0 fully saturated rings. The fourth-order valence-corrected chi connectivity index (χ4v) is 4.68. The van der Waals surface area contributed by atoms with Gasteiger partial charge in [0.2, 0.25) is 17.9 Å². The average molecular weight is 920 g/mol. The van der Waals surface area contributed by atoms with Gasteiger partial charge < -0.3 is 28.4 Å². The lowest BCUT2D eigenvalue weighted by Gasteiger charge is -2.22. The van der Waals surface area contributed by atoms with E-state index in [9.17, 15) is 28.8 Å². The molecule has 0 saturated heterocycles. The van der Waals surface area contributed by atoms with Gasteiger partial charge >= 0.3 is 30.5 Å². The van der Waals surface area contributed by atoms with Gasteiger partial charge in [-0.25, -0.2) is 29.0 Å². The maximum Gasteiger partial charge on any atom is 0.414 e. The molecule has 0 aromatic heterocycles. The van der Waals surface area contributed by atoms with E-state index in [1.165, 1.54) is 24.3 Å². The number of guanidine groups is 3. The Morgan fingerprint density at radius 2 is 0.708 bits per heavy atom. The van der Waals surface area contributed by atoms with Crippen molar-refractivity contribution in [1.29, 1.82) is 0 Å². The van der Waals surface area contributed by atoms with Crippen molar-refractivity contribution >= 4 is 59.9 Å². The number of alkyl carbamates (subject to hydrolysis) is 5. The van der Waals surface area contributed by atoms with Crippen molar-refractivity contribution in [3.8, 4) is 5.75 Å². The number of amides is 6. The van der Waals surface area contributed by atoms with Crippen LogP contribution in [0.3, 0.4) is 0 Å². The van der Waals surface area contributed by atoms with Crippen LogP contribution in [0.1, 0.15) is 142 Å². The van der Waals surface area contributed by atoms with E-state index in [0.717, 1.165) is 25.7 Å². The smallest absolute Gasteiger partial charge is 0.414 e. The first kappa shape index (κ1) is 56.9. The first-order valence-electron chi connectivity index (χ1n) is 21.5. The zero-order chi connectivity index (χ0) is 49.6. The van der Waals surface area contributed by atoms with E-state index in [1.807, 2.05) is 0 Å². The Bertz CT molecular complexity index is 1770. The predicted molar refractivity (Wildman–Crippen MR) is 246 cm³/mol. The minimum absolute atomic E-state index is 0.0706. The number of carbonyl (C=O) groups is 6. The van der Waals surface area contributed by atoms with Crippen LogP contribution in [-0.2, 0) is 28.5 Å². The SMILES string of the molecule is CC(C)(C)OC(=O)NC(=NCCCCCCCCN=C(NC(=O)OC(C)(C)C)NC(=O)OC(C)(C)C)NC(=O)COc1ccc(N=C(NC(=O)OC(C)(C)C)NC(=O)OC(C)(C)C)cc1. The number of hydrogen-bond acceptors (Lipinski definition) is 15. The van der Waals surface area contributed by atoms with Crippen molar-refractivity contribution in [2.45, 2.75) is 170 Å². The predicted octanol–water partition coefficient (Wildman–Crippen LogP) is 7.85. The normalized spacial score (nSPS) is 12.0. The zero-order valence-corrected chi connectivity index (χ0v) is 40.9. The number of benzene rings is 1. The van der Waals surface area contributed by atoms with Crippen LogP contribution in [0.2, 0.25) is 0 Å². The number of aliphatic imine (C=N–C) groups is 3. The molecule has 0 aliphatic rings. The third-order valence-corrected chi connectivity index (χ3v) is 6.91. The third kappa shape index (κ3) is 32.2. The molecule has 6 amide bonds. The molecule has 0 heterocycles. The summed E-state index contributed by atoms with van der Waals surface area (Å²) in [6.45, 7) is 25.7. The van der Waals surface area contributed by atoms with Crippen LogP contribution in [0.25, 0.3) is 0 Å². The summed E-state index contributed by atoms with van der Waals surface area (Å²) < 4.78 is 32.1. The third-order valence-electron chi connectivity index (χ3n) is 6.91. The summed E-state index contributed by atoms with van der Waals surface area (Å²) in [6.07, 6.45) is 0.710. The molecule has 6 N–H and O–H groups in total. The van der Waals surface area contributed by atoms with Crippen molar-refractivity contribution in [1.82, 2.24) is 31.9 Å². The van der Waals surface area contributed by atoms with E-state index in [4.69, 9.17) is 28.4 Å². The van der Waals surface area contributed by atoms with E-state index in [1.54, 1.807) is 104 Å². The van der Waals surface area contributed by atoms with Gasteiger partial charge in [-0.05, 0) is 141 Å². The number of hydrogen-bond donors (Lipinski definition) is 6. The van der Waals surface area contributed by atoms with Crippen LogP contribution in [-0.4, -0.2) is 102 Å². The molecular weight excluding hydrogens is 847 g/mol. The van der Waals surface area contributed by atoms with Gasteiger partial charge in [-0.2, -0.15) is 0 Å². The molecule has 1 aromatic carbocycles. The van der Waals surface area contributed by atoms with Gasteiger partial charge in [0.25, 0.3) is 5.91 Å². The Balaban J connectivity index is 2.83. The van der Waals surface area contributed by atoms with Crippen molar-refractivity contribution in [2.75, 3.05) is 19.7 Å². The van der Waals surface area contributed by atoms with Crippen LogP contribution in [0.15, 0.2) is 39.2 Å². The molecule has 65 heavy (non-hydrogen) atoms. The minimum atomic E-state index is -0.850. The van der Waals surface area contributed by atoms with Crippen molar-refractivity contribution in [3.63, 3.8) is 0 Å². The van der Waals surface area contributed by atoms with E-state index >= 15 is 0 Å². The number of nitrogens with one attached hydrogen (secondary N) is 6. The van der Waals surface area contributed by atoms with Crippen LogP contribution in [0.5, 0.6) is 5.75 Å². The number of unbranched alkanes of at least 4 members (excludes halogenated alkanes) is 5. The molecule has 366 valence electrons. The summed E-state index contributed by atoms with van der Waals surface area (Å²) in [7, 11) is 0. The molecule has 0 aliphatic carbocycles. The molecule has 0 saturated carbocycles.